The van der Waals surface area contributed by atoms with Crippen molar-refractivity contribution in [2.45, 2.75) is 32.9 Å². The molecule has 1 saturated heterocycles. The van der Waals surface area contributed by atoms with Crippen molar-refractivity contribution in [1.29, 1.82) is 0 Å². The summed E-state index contributed by atoms with van der Waals surface area (Å²) < 4.78 is 18.1. The number of hydrogen-bond acceptors (Lipinski definition) is 3. The fraction of sp³-hybridized carbons (Fsp3) is 0.727. The van der Waals surface area contributed by atoms with Crippen LogP contribution in [0.15, 0.2) is 11.8 Å². The van der Waals surface area contributed by atoms with Crippen molar-refractivity contribution in [3.8, 4) is 0 Å². The lowest BCUT2D eigenvalue weighted by Gasteiger charge is -2.22. The molecular formula is C11H18FNO2. The summed E-state index contributed by atoms with van der Waals surface area (Å²) in [5.41, 5.74) is 0.450. The summed E-state index contributed by atoms with van der Waals surface area (Å²) in [4.78, 5) is 13.1. The Morgan fingerprint density at radius 2 is 2.13 bits per heavy atom. The molecule has 1 fully saturated rings. The number of allylic oxidation sites excluding steroid dienone is 1. The van der Waals surface area contributed by atoms with Gasteiger partial charge < -0.3 is 9.64 Å². The van der Waals surface area contributed by atoms with Gasteiger partial charge in [-0.2, -0.15) is 0 Å². The van der Waals surface area contributed by atoms with Crippen molar-refractivity contribution in [1.82, 2.24) is 4.90 Å². The normalized spacial score (nSPS) is 19.1. The maximum absolute atomic E-state index is 13.3. The number of likely N-dealkylation sites (tertiary alicyclic amines) is 1. The topological polar surface area (TPSA) is 29.5 Å². The third-order valence-corrected chi connectivity index (χ3v) is 2.43. The summed E-state index contributed by atoms with van der Waals surface area (Å²) in [6.07, 6.45) is 2.28. The molecule has 3 nitrogen and oxygen atoms in total. The highest BCUT2D eigenvalue weighted by Gasteiger charge is 2.20. The zero-order valence-corrected chi connectivity index (χ0v) is 9.33. The molecule has 0 aromatic heterocycles. The molecule has 0 aliphatic carbocycles. The average molecular weight is 215 g/mol. The minimum Gasteiger partial charge on any atom is -0.463 e. The van der Waals surface area contributed by atoms with Gasteiger partial charge in [0.15, 0.2) is 0 Å². The Hall–Kier alpha value is -1.06. The average Bonchev–Trinajstić information content (AvgIpc) is 2.66. The quantitative estimate of drug-likeness (QED) is 0.530. The highest BCUT2D eigenvalue weighted by atomic mass is 19.1. The third kappa shape index (κ3) is 3.53. The van der Waals surface area contributed by atoms with Crippen molar-refractivity contribution in [3.63, 3.8) is 0 Å². The van der Waals surface area contributed by atoms with Crippen LogP contribution in [0.5, 0.6) is 0 Å². The summed E-state index contributed by atoms with van der Waals surface area (Å²) in [5, 5.41) is 0. The number of alkyl halides is 1. The van der Waals surface area contributed by atoms with Gasteiger partial charge >= 0.3 is 5.97 Å². The molecule has 15 heavy (non-hydrogen) atoms. The highest BCUT2D eigenvalue weighted by Crippen LogP contribution is 2.19. The molecule has 0 aromatic rings. The molecule has 1 rings (SSSR count). The summed E-state index contributed by atoms with van der Waals surface area (Å²) in [6, 6.07) is 0. The van der Waals surface area contributed by atoms with E-state index >= 15 is 0 Å². The molecule has 4 heteroatoms. The fourth-order valence-electron chi connectivity index (χ4n) is 1.74. The Bertz CT molecular complexity index is 245. The van der Waals surface area contributed by atoms with Gasteiger partial charge in [-0.1, -0.05) is 0 Å². The molecule has 0 spiro atoms. The number of carbonyl (C=O) groups excluding carboxylic acids is 1. The highest BCUT2D eigenvalue weighted by molar-refractivity contribution is 5.82. The lowest BCUT2D eigenvalue weighted by molar-refractivity contribution is -0.137. The Morgan fingerprint density at radius 3 is 2.60 bits per heavy atom. The van der Waals surface area contributed by atoms with Crippen molar-refractivity contribution >= 4 is 5.97 Å². The van der Waals surface area contributed by atoms with E-state index in [1.54, 1.807) is 6.92 Å². The van der Waals surface area contributed by atoms with Crippen LogP contribution in [-0.2, 0) is 9.53 Å². The Balaban J connectivity index is 2.67. The van der Waals surface area contributed by atoms with E-state index in [1.165, 1.54) is 13.0 Å². The largest absolute Gasteiger partial charge is 0.463 e. The van der Waals surface area contributed by atoms with Crippen LogP contribution in [0.3, 0.4) is 0 Å². The van der Waals surface area contributed by atoms with Crippen LogP contribution in [0.25, 0.3) is 0 Å². The molecule has 1 unspecified atom stereocenters. The van der Waals surface area contributed by atoms with Crippen LogP contribution in [0.1, 0.15) is 26.7 Å². The van der Waals surface area contributed by atoms with Crippen molar-refractivity contribution in [2.24, 2.45) is 0 Å². The minimum absolute atomic E-state index is 0.323. The predicted molar refractivity (Wildman–Crippen MR) is 56.1 cm³/mol. The second kappa shape index (κ2) is 5.73. The van der Waals surface area contributed by atoms with Crippen LogP contribution in [0, 0.1) is 0 Å². The van der Waals surface area contributed by atoms with E-state index in [4.69, 9.17) is 4.74 Å². The maximum Gasteiger partial charge on any atom is 0.332 e. The van der Waals surface area contributed by atoms with Crippen LogP contribution < -0.4 is 0 Å². The number of carbonyl (C=O) groups is 1. The number of ether oxygens (including phenoxy) is 1. The summed E-state index contributed by atoms with van der Waals surface area (Å²) in [5.74, 6) is -0.455. The molecule has 0 amide bonds. The van der Waals surface area contributed by atoms with Crippen LogP contribution in [0.4, 0.5) is 4.39 Å². The Kier molecular flexibility index (Phi) is 4.59. The summed E-state index contributed by atoms with van der Waals surface area (Å²) in [6.45, 7) is 5.17. The standard InChI is InChI=1S/C11H18FNO2/c1-3-15-11(14)8-10(9(2)12)13-6-4-5-7-13/h8-9H,3-7H2,1-2H3. The SMILES string of the molecule is CCOC(=O)C=C(C(C)F)N1CCCC1. The molecule has 1 aliphatic heterocycles. The second-order valence-electron chi connectivity index (χ2n) is 3.63. The van der Waals surface area contributed by atoms with E-state index in [2.05, 4.69) is 0 Å². The first kappa shape index (κ1) is 12.0. The van der Waals surface area contributed by atoms with Gasteiger partial charge in [0, 0.05) is 19.2 Å². The molecule has 0 N–H and O–H groups in total. The van der Waals surface area contributed by atoms with E-state index in [0.29, 0.717) is 12.3 Å². The molecule has 0 bridgehead atoms. The van der Waals surface area contributed by atoms with Gasteiger partial charge in [-0.25, -0.2) is 9.18 Å². The van der Waals surface area contributed by atoms with Crippen LogP contribution >= 0.6 is 0 Å². The van der Waals surface area contributed by atoms with Gasteiger partial charge in [0.2, 0.25) is 0 Å². The van der Waals surface area contributed by atoms with Gasteiger partial charge in [0.1, 0.15) is 6.17 Å². The first-order chi connectivity index (χ1) is 7.15. The van der Waals surface area contributed by atoms with Crippen molar-refractivity contribution in [2.75, 3.05) is 19.7 Å². The third-order valence-electron chi connectivity index (χ3n) is 2.43. The zero-order valence-electron chi connectivity index (χ0n) is 9.33. The van der Waals surface area contributed by atoms with E-state index in [0.717, 1.165) is 25.9 Å². The fourth-order valence-corrected chi connectivity index (χ4v) is 1.74. The van der Waals surface area contributed by atoms with Gasteiger partial charge in [-0.05, 0) is 26.7 Å². The first-order valence-corrected chi connectivity index (χ1v) is 5.42. The number of esters is 1. The molecule has 1 aliphatic rings. The predicted octanol–water partition coefficient (Wildman–Crippen LogP) is 1.89. The number of nitrogens with zero attached hydrogens (tertiary/aromatic N) is 1. The lowest BCUT2D eigenvalue weighted by atomic mass is 10.2. The zero-order chi connectivity index (χ0) is 11.3. The molecule has 1 atom stereocenters. The Morgan fingerprint density at radius 1 is 1.53 bits per heavy atom. The number of halogens is 1. The summed E-state index contributed by atoms with van der Waals surface area (Å²) >= 11 is 0. The van der Waals surface area contributed by atoms with Gasteiger partial charge in [-0.3, -0.25) is 0 Å². The molecule has 86 valence electrons. The molecule has 0 radical (unpaired) electrons. The van der Waals surface area contributed by atoms with E-state index < -0.39 is 12.1 Å². The van der Waals surface area contributed by atoms with E-state index in [-0.39, 0.29) is 0 Å². The van der Waals surface area contributed by atoms with E-state index in [1.807, 2.05) is 4.90 Å². The maximum atomic E-state index is 13.3. The van der Waals surface area contributed by atoms with Gasteiger partial charge in [0.05, 0.1) is 12.3 Å². The van der Waals surface area contributed by atoms with Crippen LogP contribution in [0.2, 0.25) is 0 Å². The van der Waals surface area contributed by atoms with Gasteiger partial charge in [0.25, 0.3) is 0 Å². The Labute approximate surface area is 89.9 Å². The minimum atomic E-state index is -1.12. The molecular weight excluding hydrogens is 197 g/mol. The number of rotatable bonds is 4. The molecule has 0 aromatic carbocycles. The van der Waals surface area contributed by atoms with Gasteiger partial charge in [-0.15, -0.1) is 0 Å². The molecule has 0 saturated carbocycles. The summed E-state index contributed by atoms with van der Waals surface area (Å²) in [7, 11) is 0. The second-order valence-corrected chi connectivity index (χ2v) is 3.63. The van der Waals surface area contributed by atoms with E-state index in [9.17, 15) is 9.18 Å². The monoisotopic (exact) mass is 215 g/mol. The smallest absolute Gasteiger partial charge is 0.332 e. The lowest BCUT2D eigenvalue weighted by Crippen LogP contribution is -2.25. The van der Waals surface area contributed by atoms with Crippen molar-refractivity contribution < 1.29 is 13.9 Å². The molecule has 1 heterocycles. The first-order valence-electron chi connectivity index (χ1n) is 5.42. The van der Waals surface area contributed by atoms with Crippen LogP contribution in [-0.4, -0.2) is 36.7 Å². The number of hydrogen-bond donors (Lipinski definition) is 0. The van der Waals surface area contributed by atoms with Crippen molar-refractivity contribution in [3.05, 3.63) is 11.8 Å².